The van der Waals surface area contributed by atoms with Crippen LogP contribution in [0.2, 0.25) is 0 Å². The van der Waals surface area contributed by atoms with Crippen molar-refractivity contribution in [3.05, 3.63) is 58.6 Å². The Balaban J connectivity index is 2.20. The van der Waals surface area contributed by atoms with E-state index in [0.29, 0.717) is 10.2 Å². The molecule has 3 rings (SSSR count). The molecule has 0 unspecified atom stereocenters. The molecule has 0 aliphatic carbocycles. The van der Waals surface area contributed by atoms with Gasteiger partial charge in [0.25, 0.3) is 5.91 Å². The molecular weight excluding hydrogens is 419 g/mol. The number of thiazole rings is 1. The second-order valence-electron chi connectivity index (χ2n) is 5.98. The molecule has 7 nitrogen and oxygen atoms in total. The highest BCUT2D eigenvalue weighted by atomic mass is 32.2. The minimum atomic E-state index is -3.64. The van der Waals surface area contributed by atoms with Crippen LogP contribution in [-0.2, 0) is 25.9 Å². The van der Waals surface area contributed by atoms with Gasteiger partial charge in [0.2, 0.25) is 0 Å². The summed E-state index contributed by atoms with van der Waals surface area (Å²) < 4.78 is 44.8. The lowest BCUT2D eigenvalue weighted by Crippen LogP contribution is -2.22. The van der Waals surface area contributed by atoms with Crippen LogP contribution < -0.4 is 4.80 Å². The summed E-state index contributed by atoms with van der Waals surface area (Å²) >= 11 is 1.01. The number of hydrogen-bond donors (Lipinski definition) is 0. The fraction of sp³-hybridized carbons (Fsp3) is 0.211. The third-order valence-corrected chi connectivity index (χ3v) is 7.02. The molecule has 0 fully saturated rings. The molecule has 0 saturated carbocycles. The Kier molecular flexibility index (Phi) is 5.94. The van der Waals surface area contributed by atoms with E-state index >= 15 is 0 Å². The van der Waals surface area contributed by atoms with Crippen molar-refractivity contribution in [1.82, 2.24) is 4.57 Å². The molecule has 0 spiro atoms. The van der Waals surface area contributed by atoms with Crippen LogP contribution in [0.15, 0.2) is 52.4 Å². The lowest BCUT2D eigenvalue weighted by atomic mass is 10.2. The summed E-state index contributed by atoms with van der Waals surface area (Å²) in [6.07, 6.45) is 0. The van der Waals surface area contributed by atoms with Gasteiger partial charge < -0.3 is 9.30 Å². The third kappa shape index (κ3) is 4.28. The van der Waals surface area contributed by atoms with Gasteiger partial charge >= 0.3 is 5.97 Å². The molecule has 0 bridgehead atoms. The number of fused-ring (bicyclic) bond motifs is 1. The Morgan fingerprint density at radius 3 is 2.62 bits per heavy atom. The molecule has 10 heteroatoms. The summed E-state index contributed by atoms with van der Waals surface area (Å²) in [5.41, 5.74) is 0.436. The fourth-order valence-corrected chi connectivity index (χ4v) is 4.84. The lowest BCUT2D eigenvalue weighted by molar-refractivity contribution is -0.141. The highest BCUT2D eigenvalue weighted by Gasteiger charge is 2.21. The molecule has 152 valence electrons. The first-order valence-electron chi connectivity index (χ1n) is 8.53. The summed E-state index contributed by atoms with van der Waals surface area (Å²) in [7, 11) is -2.41. The second kappa shape index (κ2) is 8.26. The fourth-order valence-electron chi connectivity index (χ4n) is 2.70. The first-order valence-corrected chi connectivity index (χ1v) is 11.0. The summed E-state index contributed by atoms with van der Waals surface area (Å²) in [4.78, 5) is 28.7. The number of carbonyl (C=O) groups is 2. The van der Waals surface area contributed by atoms with Crippen LogP contribution in [0, 0.1) is 5.82 Å². The summed E-state index contributed by atoms with van der Waals surface area (Å²) in [6, 6.07) is 9.78. The standard InChI is InChI=1S/C19H17FN2O5S2/c1-3-29(25,26)16-7-5-4-6-13(16)18(24)21-19-22(11-17(23)27-2)14-9-8-12(20)10-15(14)28-19/h4-10H,3,11H2,1-2H3. The van der Waals surface area contributed by atoms with Crippen LogP contribution in [0.25, 0.3) is 10.2 Å². The molecule has 0 aliphatic rings. The summed E-state index contributed by atoms with van der Waals surface area (Å²) in [5.74, 6) is -1.98. The number of amides is 1. The van der Waals surface area contributed by atoms with Gasteiger partial charge in [0.05, 0.1) is 33.5 Å². The van der Waals surface area contributed by atoms with Gasteiger partial charge in [-0.15, -0.1) is 0 Å². The van der Waals surface area contributed by atoms with Gasteiger partial charge in [0.1, 0.15) is 12.4 Å². The molecule has 0 atom stereocenters. The van der Waals surface area contributed by atoms with E-state index in [1.807, 2.05) is 0 Å². The smallest absolute Gasteiger partial charge is 0.325 e. The van der Waals surface area contributed by atoms with Gasteiger partial charge in [0.15, 0.2) is 14.6 Å². The van der Waals surface area contributed by atoms with E-state index in [4.69, 9.17) is 0 Å². The number of benzene rings is 2. The number of hydrogen-bond acceptors (Lipinski definition) is 6. The zero-order valence-electron chi connectivity index (χ0n) is 15.6. The number of halogens is 1. The lowest BCUT2D eigenvalue weighted by Gasteiger charge is -2.06. The second-order valence-corrected chi connectivity index (χ2v) is 9.23. The zero-order chi connectivity index (χ0) is 21.2. The van der Waals surface area contributed by atoms with Crippen molar-refractivity contribution < 1.29 is 27.1 Å². The number of methoxy groups -OCH3 is 1. The number of ether oxygens (including phenoxy) is 1. The Hall–Kier alpha value is -2.85. The number of nitrogens with zero attached hydrogens (tertiary/aromatic N) is 2. The van der Waals surface area contributed by atoms with Crippen LogP contribution in [0.3, 0.4) is 0 Å². The molecule has 0 N–H and O–H groups in total. The molecule has 3 aromatic rings. The van der Waals surface area contributed by atoms with Crippen molar-refractivity contribution in [2.24, 2.45) is 4.99 Å². The minimum absolute atomic E-state index is 0.0670. The van der Waals surface area contributed by atoms with Gasteiger partial charge in [-0.3, -0.25) is 9.59 Å². The SMILES string of the molecule is CCS(=O)(=O)c1ccccc1C(=O)N=c1sc2cc(F)ccc2n1CC(=O)OC. The van der Waals surface area contributed by atoms with E-state index in [-0.39, 0.29) is 27.6 Å². The molecule has 0 saturated heterocycles. The predicted octanol–water partition coefficient (Wildman–Crippen LogP) is 2.55. The first-order chi connectivity index (χ1) is 13.8. The average Bonchev–Trinajstić information content (AvgIpc) is 3.03. The number of esters is 1. The summed E-state index contributed by atoms with van der Waals surface area (Å²) in [6.45, 7) is 1.25. The van der Waals surface area contributed by atoms with Crippen LogP contribution in [0.5, 0.6) is 0 Å². The van der Waals surface area contributed by atoms with Crippen molar-refractivity contribution in [3.8, 4) is 0 Å². The number of aromatic nitrogens is 1. The minimum Gasteiger partial charge on any atom is -0.468 e. The highest BCUT2D eigenvalue weighted by molar-refractivity contribution is 7.91. The summed E-state index contributed by atoms with van der Waals surface area (Å²) in [5, 5.41) is 0. The van der Waals surface area contributed by atoms with E-state index in [1.54, 1.807) is 6.07 Å². The largest absolute Gasteiger partial charge is 0.468 e. The van der Waals surface area contributed by atoms with Crippen molar-refractivity contribution >= 4 is 43.3 Å². The van der Waals surface area contributed by atoms with Crippen LogP contribution in [0.1, 0.15) is 17.3 Å². The Bertz CT molecular complexity index is 1280. The van der Waals surface area contributed by atoms with E-state index in [0.717, 1.165) is 11.3 Å². The Morgan fingerprint density at radius 1 is 1.21 bits per heavy atom. The molecule has 0 aliphatic heterocycles. The zero-order valence-corrected chi connectivity index (χ0v) is 17.2. The van der Waals surface area contributed by atoms with Crippen molar-refractivity contribution in [2.45, 2.75) is 18.4 Å². The van der Waals surface area contributed by atoms with Crippen molar-refractivity contribution in [1.29, 1.82) is 0 Å². The average molecular weight is 436 g/mol. The quantitative estimate of drug-likeness (QED) is 0.573. The monoisotopic (exact) mass is 436 g/mol. The van der Waals surface area contributed by atoms with E-state index in [2.05, 4.69) is 9.73 Å². The van der Waals surface area contributed by atoms with Crippen molar-refractivity contribution in [2.75, 3.05) is 12.9 Å². The molecular formula is C19H17FN2O5S2. The van der Waals surface area contributed by atoms with Gasteiger partial charge in [0, 0.05) is 0 Å². The maximum atomic E-state index is 13.6. The normalized spacial score (nSPS) is 12.3. The molecule has 1 aromatic heterocycles. The molecule has 29 heavy (non-hydrogen) atoms. The van der Waals surface area contributed by atoms with Gasteiger partial charge in [-0.1, -0.05) is 30.4 Å². The Morgan fingerprint density at radius 2 is 1.93 bits per heavy atom. The molecule has 1 heterocycles. The first kappa shape index (κ1) is 20.9. The van der Waals surface area contributed by atoms with Crippen molar-refractivity contribution in [3.63, 3.8) is 0 Å². The molecule has 0 radical (unpaired) electrons. The number of rotatable bonds is 5. The van der Waals surface area contributed by atoms with E-state index in [9.17, 15) is 22.4 Å². The van der Waals surface area contributed by atoms with Gasteiger partial charge in [-0.25, -0.2) is 12.8 Å². The number of carbonyl (C=O) groups excluding carboxylic acids is 2. The van der Waals surface area contributed by atoms with Crippen LogP contribution in [-0.4, -0.2) is 37.7 Å². The maximum Gasteiger partial charge on any atom is 0.325 e. The van der Waals surface area contributed by atoms with E-state index < -0.39 is 27.5 Å². The molecule has 2 aromatic carbocycles. The Labute approximate surface area is 170 Å². The van der Waals surface area contributed by atoms with Crippen LogP contribution in [0.4, 0.5) is 4.39 Å². The highest BCUT2D eigenvalue weighted by Crippen LogP contribution is 2.20. The molecule has 1 amide bonds. The maximum absolute atomic E-state index is 13.6. The van der Waals surface area contributed by atoms with Gasteiger partial charge in [-0.05, 0) is 30.3 Å². The van der Waals surface area contributed by atoms with Crippen LogP contribution >= 0.6 is 11.3 Å². The topological polar surface area (TPSA) is 94.8 Å². The van der Waals surface area contributed by atoms with E-state index in [1.165, 1.54) is 55.0 Å². The predicted molar refractivity (Wildman–Crippen MR) is 106 cm³/mol. The third-order valence-electron chi connectivity index (χ3n) is 4.19. The number of sulfone groups is 1. The van der Waals surface area contributed by atoms with Gasteiger partial charge in [-0.2, -0.15) is 4.99 Å².